The molecule has 1 saturated heterocycles. The predicted molar refractivity (Wildman–Crippen MR) is 101 cm³/mol. The van der Waals surface area contributed by atoms with Crippen LogP contribution in [0.3, 0.4) is 0 Å². The van der Waals surface area contributed by atoms with Gasteiger partial charge in [0.2, 0.25) is 0 Å². The van der Waals surface area contributed by atoms with Crippen molar-refractivity contribution in [3.8, 4) is 0 Å². The number of rotatable bonds is 4. The summed E-state index contributed by atoms with van der Waals surface area (Å²) < 4.78 is 27.3. The van der Waals surface area contributed by atoms with Crippen LogP contribution in [0.15, 0.2) is 12.1 Å². The zero-order valence-electron chi connectivity index (χ0n) is 14.0. The Morgan fingerprint density at radius 2 is 1.38 bits per heavy atom. The summed E-state index contributed by atoms with van der Waals surface area (Å²) in [6.45, 7) is 0. The lowest BCUT2D eigenvalue weighted by Gasteiger charge is -2.31. The van der Waals surface area contributed by atoms with E-state index in [1.165, 1.54) is 62.7 Å². The van der Waals surface area contributed by atoms with Gasteiger partial charge in [-0.15, -0.1) is 0 Å². The number of hydrogen-bond donors (Lipinski definition) is 0. The molecule has 1 aromatic rings. The molecular weight excluding hydrogens is 365 g/mol. The fraction of sp³-hybridized carbons (Fsp3) is 0.684. The Kier molecular flexibility index (Phi) is 6.61. The highest BCUT2D eigenvalue weighted by Crippen LogP contribution is 2.40. The summed E-state index contributed by atoms with van der Waals surface area (Å²) in [7, 11) is -0.846. The van der Waals surface area contributed by atoms with Crippen molar-refractivity contribution < 1.29 is 8.78 Å². The van der Waals surface area contributed by atoms with Gasteiger partial charge >= 0.3 is 0 Å². The molecule has 0 bridgehead atoms. The van der Waals surface area contributed by atoms with Crippen LogP contribution in [0.25, 0.3) is 0 Å². The zero-order chi connectivity index (χ0) is 17.1. The second kappa shape index (κ2) is 8.51. The molecule has 2 fully saturated rings. The Hall–Kier alpha value is -0.123. The number of benzene rings is 1. The standard InChI is InChI=1S/C19H26Cl2F2Si/c20-19-17(22)11-16(12-18(19)23)15-5-3-13(4-6-15)1-2-14-7-9-24(21)10-8-14/h11-15,24H,1-10H2/t13-,14?,15-,24?. The van der Waals surface area contributed by atoms with E-state index in [-0.39, 0.29) is 10.9 Å². The molecule has 5 heteroatoms. The van der Waals surface area contributed by atoms with Crippen LogP contribution in [-0.2, 0) is 0 Å². The maximum Gasteiger partial charge on any atom is 0.145 e. The van der Waals surface area contributed by atoms with E-state index in [1.807, 2.05) is 0 Å². The minimum atomic E-state index is -0.846. The van der Waals surface area contributed by atoms with Crippen molar-refractivity contribution in [2.24, 2.45) is 11.8 Å². The number of halogens is 4. The average molecular weight is 391 g/mol. The molecule has 0 amide bonds. The van der Waals surface area contributed by atoms with Crippen LogP contribution >= 0.6 is 22.7 Å². The van der Waals surface area contributed by atoms with Gasteiger partial charge in [0.15, 0.2) is 0 Å². The molecule has 3 rings (SSSR count). The minimum absolute atomic E-state index is 0.278. The van der Waals surface area contributed by atoms with Gasteiger partial charge in [-0.25, -0.2) is 8.78 Å². The van der Waals surface area contributed by atoms with Gasteiger partial charge in [0.1, 0.15) is 24.8 Å². The second-order valence-corrected chi connectivity index (χ2v) is 12.3. The van der Waals surface area contributed by atoms with Gasteiger partial charge in [0, 0.05) is 0 Å². The third kappa shape index (κ3) is 4.73. The first-order chi connectivity index (χ1) is 11.5. The van der Waals surface area contributed by atoms with Crippen molar-refractivity contribution in [2.45, 2.75) is 69.4 Å². The van der Waals surface area contributed by atoms with Crippen molar-refractivity contribution in [3.05, 3.63) is 34.4 Å². The highest BCUT2D eigenvalue weighted by Gasteiger charge is 2.26. The van der Waals surface area contributed by atoms with Crippen LogP contribution in [0.4, 0.5) is 8.78 Å². The van der Waals surface area contributed by atoms with E-state index in [2.05, 4.69) is 0 Å². The van der Waals surface area contributed by atoms with Crippen LogP contribution in [0.1, 0.15) is 62.8 Å². The smallest absolute Gasteiger partial charge is 0.145 e. The molecule has 134 valence electrons. The van der Waals surface area contributed by atoms with Gasteiger partial charge in [-0.05, 0) is 73.2 Å². The predicted octanol–water partition coefficient (Wildman–Crippen LogP) is 7.04. The molecule has 0 radical (unpaired) electrons. The molecule has 0 unspecified atom stereocenters. The van der Waals surface area contributed by atoms with Crippen LogP contribution in [0, 0.1) is 23.5 Å². The summed E-state index contributed by atoms with van der Waals surface area (Å²) in [5, 5.41) is -0.387. The SMILES string of the molecule is Fc1cc([C@H]2CC[C@H](CCC3CC[SiH](Cl)CC3)CC2)cc(F)c1Cl. The van der Waals surface area contributed by atoms with Gasteiger partial charge in [-0.1, -0.05) is 37.3 Å². The molecule has 1 heterocycles. The van der Waals surface area contributed by atoms with E-state index in [9.17, 15) is 8.78 Å². The highest BCUT2D eigenvalue weighted by atomic mass is 35.6. The third-order valence-corrected chi connectivity index (χ3v) is 9.67. The van der Waals surface area contributed by atoms with E-state index >= 15 is 0 Å². The lowest BCUT2D eigenvalue weighted by Crippen LogP contribution is -2.18. The normalized spacial score (nSPS) is 31.2. The molecule has 1 saturated carbocycles. The summed E-state index contributed by atoms with van der Waals surface area (Å²) in [4.78, 5) is 0. The van der Waals surface area contributed by atoms with Crippen molar-refractivity contribution >= 4 is 30.8 Å². The average Bonchev–Trinajstić information content (AvgIpc) is 2.59. The monoisotopic (exact) mass is 390 g/mol. The first kappa shape index (κ1) is 18.7. The van der Waals surface area contributed by atoms with Crippen LogP contribution < -0.4 is 0 Å². The van der Waals surface area contributed by atoms with E-state index in [1.54, 1.807) is 0 Å². The Labute approximate surface area is 155 Å². The Morgan fingerprint density at radius 1 is 0.875 bits per heavy atom. The summed E-state index contributed by atoms with van der Waals surface area (Å²) in [6.07, 6.45) is 9.77. The Morgan fingerprint density at radius 3 is 1.92 bits per heavy atom. The maximum atomic E-state index is 13.6. The van der Waals surface area contributed by atoms with Crippen molar-refractivity contribution in [2.75, 3.05) is 0 Å². The Bertz CT molecular complexity index is 527. The Balaban J connectivity index is 1.46. The van der Waals surface area contributed by atoms with Gasteiger partial charge < -0.3 is 0 Å². The number of hydrogen-bond acceptors (Lipinski definition) is 0. The largest absolute Gasteiger partial charge is 0.205 e. The van der Waals surface area contributed by atoms with Crippen molar-refractivity contribution in [1.29, 1.82) is 0 Å². The molecule has 2 aliphatic rings. The molecule has 1 aromatic carbocycles. The maximum absolute atomic E-state index is 13.6. The fourth-order valence-corrected chi connectivity index (χ4v) is 7.30. The highest BCUT2D eigenvalue weighted by molar-refractivity contribution is 7.07. The van der Waals surface area contributed by atoms with Gasteiger partial charge in [-0.2, -0.15) is 11.1 Å². The minimum Gasteiger partial charge on any atom is -0.205 e. The van der Waals surface area contributed by atoms with Gasteiger partial charge in [0.25, 0.3) is 0 Å². The molecule has 0 spiro atoms. The first-order valence-electron chi connectivity index (χ1n) is 9.31. The zero-order valence-corrected chi connectivity index (χ0v) is 16.7. The quantitative estimate of drug-likeness (QED) is 0.293. The van der Waals surface area contributed by atoms with Crippen molar-refractivity contribution in [1.82, 2.24) is 0 Å². The summed E-state index contributed by atoms with van der Waals surface area (Å²) in [5.74, 6) is 0.693. The summed E-state index contributed by atoms with van der Waals surface area (Å²) in [5.41, 5.74) is 0.776. The van der Waals surface area contributed by atoms with E-state index < -0.39 is 19.7 Å². The summed E-state index contributed by atoms with van der Waals surface area (Å²) in [6, 6.07) is 5.47. The van der Waals surface area contributed by atoms with E-state index in [0.29, 0.717) is 0 Å². The first-order valence-corrected chi connectivity index (χ1v) is 13.1. The lowest BCUT2D eigenvalue weighted by molar-refractivity contribution is 0.280. The summed E-state index contributed by atoms with van der Waals surface area (Å²) >= 11 is 11.9. The second-order valence-electron chi connectivity index (χ2n) is 7.71. The van der Waals surface area contributed by atoms with Gasteiger partial charge in [0.05, 0.1) is 0 Å². The lowest BCUT2D eigenvalue weighted by atomic mass is 9.76. The third-order valence-electron chi connectivity index (χ3n) is 6.08. The fourth-order valence-electron chi connectivity index (χ4n) is 4.48. The van der Waals surface area contributed by atoms with Crippen LogP contribution in [-0.4, -0.2) is 8.11 Å². The topological polar surface area (TPSA) is 0 Å². The molecule has 0 nitrogen and oxygen atoms in total. The molecular formula is C19H26Cl2F2Si. The molecule has 1 aliphatic carbocycles. The molecule has 1 aliphatic heterocycles. The molecule has 24 heavy (non-hydrogen) atoms. The van der Waals surface area contributed by atoms with Gasteiger partial charge in [-0.3, -0.25) is 0 Å². The van der Waals surface area contributed by atoms with Crippen molar-refractivity contribution in [3.63, 3.8) is 0 Å². The van der Waals surface area contributed by atoms with E-state index in [0.717, 1.165) is 30.2 Å². The van der Waals surface area contributed by atoms with Crippen LogP contribution in [0.2, 0.25) is 17.1 Å². The molecule has 0 N–H and O–H groups in total. The van der Waals surface area contributed by atoms with E-state index in [4.69, 9.17) is 22.7 Å². The van der Waals surface area contributed by atoms with Crippen LogP contribution in [0.5, 0.6) is 0 Å². The molecule has 0 atom stereocenters. The molecule has 0 aromatic heterocycles.